The van der Waals surface area contributed by atoms with Crippen LogP contribution in [0.5, 0.6) is 0 Å². The van der Waals surface area contributed by atoms with Crippen molar-refractivity contribution in [3.05, 3.63) is 0 Å². The van der Waals surface area contributed by atoms with Crippen molar-refractivity contribution in [3.63, 3.8) is 0 Å². The number of primary amides is 1. The van der Waals surface area contributed by atoms with Crippen LogP contribution in [0, 0.1) is 5.92 Å². The summed E-state index contributed by atoms with van der Waals surface area (Å²) in [5, 5.41) is 3.22. The van der Waals surface area contributed by atoms with E-state index in [2.05, 4.69) is 19.2 Å². The van der Waals surface area contributed by atoms with Gasteiger partial charge in [0.15, 0.2) is 0 Å². The molecule has 0 saturated heterocycles. The molecule has 72 valence electrons. The lowest BCUT2D eigenvalue weighted by molar-refractivity contribution is -0.117. The van der Waals surface area contributed by atoms with E-state index in [1.807, 2.05) is 0 Å². The Labute approximate surface area is 74.7 Å². The highest BCUT2D eigenvalue weighted by Gasteiger charge is 2.01. The molecule has 0 heterocycles. The molecule has 3 N–H and O–H groups in total. The summed E-state index contributed by atoms with van der Waals surface area (Å²) in [5.41, 5.74) is 5.00. The average Bonchev–Trinajstić information content (AvgIpc) is 2.04. The predicted octanol–water partition coefficient (Wildman–Crippen LogP) is 0.888. The van der Waals surface area contributed by atoms with E-state index < -0.39 is 0 Å². The van der Waals surface area contributed by atoms with Crippen molar-refractivity contribution < 1.29 is 4.79 Å². The number of hydrogen-bond acceptors (Lipinski definition) is 2. The van der Waals surface area contributed by atoms with Crippen LogP contribution in [-0.4, -0.2) is 19.0 Å². The summed E-state index contributed by atoms with van der Waals surface area (Å²) in [4.78, 5) is 10.4. The van der Waals surface area contributed by atoms with Crippen LogP contribution in [0.2, 0.25) is 0 Å². The van der Waals surface area contributed by atoms with E-state index in [9.17, 15) is 4.79 Å². The summed E-state index contributed by atoms with van der Waals surface area (Å²) in [6.07, 6.45) is 2.83. The van der Waals surface area contributed by atoms with E-state index >= 15 is 0 Å². The van der Waals surface area contributed by atoms with Gasteiger partial charge in [-0.1, -0.05) is 26.7 Å². The van der Waals surface area contributed by atoms with Crippen molar-refractivity contribution in [1.29, 1.82) is 0 Å². The molecule has 0 spiro atoms. The first kappa shape index (κ1) is 11.4. The second-order valence-corrected chi connectivity index (χ2v) is 3.10. The van der Waals surface area contributed by atoms with Gasteiger partial charge in [-0.25, -0.2) is 0 Å². The minimum atomic E-state index is -0.230. The van der Waals surface area contributed by atoms with E-state index in [-0.39, 0.29) is 5.91 Å². The first-order valence-corrected chi connectivity index (χ1v) is 4.69. The Balaban J connectivity index is 3.23. The third kappa shape index (κ3) is 6.16. The van der Waals surface area contributed by atoms with Gasteiger partial charge in [0.05, 0.1) is 0 Å². The maximum absolute atomic E-state index is 10.4. The molecular weight excluding hydrogens is 152 g/mol. The van der Waals surface area contributed by atoms with Crippen molar-refractivity contribution in [2.75, 3.05) is 13.1 Å². The zero-order valence-electron chi connectivity index (χ0n) is 8.10. The van der Waals surface area contributed by atoms with Crippen LogP contribution in [-0.2, 0) is 4.79 Å². The van der Waals surface area contributed by atoms with Gasteiger partial charge in [-0.05, 0) is 12.5 Å². The predicted molar refractivity (Wildman–Crippen MR) is 50.8 cm³/mol. The van der Waals surface area contributed by atoms with E-state index in [1.54, 1.807) is 0 Å². The molecule has 0 saturated carbocycles. The van der Waals surface area contributed by atoms with Gasteiger partial charge in [0.25, 0.3) is 0 Å². The molecule has 0 aliphatic heterocycles. The fourth-order valence-electron chi connectivity index (χ4n) is 1.10. The zero-order valence-corrected chi connectivity index (χ0v) is 8.10. The summed E-state index contributed by atoms with van der Waals surface area (Å²) in [5.74, 6) is 0.505. The standard InChI is InChI=1S/C9H20N2O/c1-3-8(4-2)7-11-6-5-9(10)12/h8,11H,3-7H2,1-2H3,(H2,10,12). The summed E-state index contributed by atoms with van der Waals surface area (Å²) >= 11 is 0. The highest BCUT2D eigenvalue weighted by molar-refractivity contribution is 5.73. The van der Waals surface area contributed by atoms with Crippen molar-refractivity contribution in [3.8, 4) is 0 Å². The van der Waals surface area contributed by atoms with Crippen LogP contribution in [0.25, 0.3) is 0 Å². The molecule has 1 amide bonds. The van der Waals surface area contributed by atoms with Gasteiger partial charge in [0, 0.05) is 13.0 Å². The van der Waals surface area contributed by atoms with Crippen molar-refractivity contribution >= 4 is 5.91 Å². The van der Waals surface area contributed by atoms with Crippen LogP contribution in [0.15, 0.2) is 0 Å². The van der Waals surface area contributed by atoms with Gasteiger partial charge >= 0.3 is 0 Å². The Morgan fingerprint density at radius 1 is 1.42 bits per heavy atom. The quantitative estimate of drug-likeness (QED) is 0.560. The number of nitrogens with two attached hydrogens (primary N) is 1. The van der Waals surface area contributed by atoms with Crippen LogP contribution in [0.4, 0.5) is 0 Å². The molecule has 0 rings (SSSR count). The number of rotatable bonds is 7. The Morgan fingerprint density at radius 3 is 2.42 bits per heavy atom. The van der Waals surface area contributed by atoms with Crippen molar-refractivity contribution in [2.45, 2.75) is 33.1 Å². The minimum absolute atomic E-state index is 0.230. The van der Waals surface area contributed by atoms with E-state index in [0.29, 0.717) is 13.0 Å². The molecule has 12 heavy (non-hydrogen) atoms. The summed E-state index contributed by atoms with van der Waals surface area (Å²) in [6, 6.07) is 0. The molecule has 0 bridgehead atoms. The third-order valence-electron chi connectivity index (χ3n) is 2.14. The normalized spacial score (nSPS) is 10.6. The third-order valence-corrected chi connectivity index (χ3v) is 2.14. The lowest BCUT2D eigenvalue weighted by atomic mass is 10.0. The fraction of sp³-hybridized carbons (Fsp3) is 0.889. The molecule has 0 aliphatic carbocycles. The number of nitrogens with one attached hydrogen (secondary N) is 1. The molecule has 0 aromatic rings. The average molecular weight is 172 g/mol. The minimum Gasteiger partial charge on any atom is -0.370 e. The van der Waals surface area contributed by atoms with Crippen LogP contribution in [0.1, 0.15) is 33.1 Å². The summed E-state index contributed by atoms with van der Waals surface area (Å²) in [6.45, 7) is 6.08. The largest absolute Gasteiger partial charge is 0.370 e. The number of hydrogen-bond donors (Lipinski definition) is 2. The second kappa shape index (κ2) is 7.10. The van der Waals surface area contributed by atoms with Crippen molar-refractivity contribution in [2.24, 2.45) is 11.7 Å². The molecule has 3 heteroatoms. The van der Waals surface area contributed by atoms with E-state index in [1.165, 1.54) is 12.8 Å². The van der Waals surface area contributed by atoms with E-state index in [4.69, 9.17) is 5.73 Å². The first-order chi connectivity index (χ1) is 5.70. The van der Waals surface area contributed by atoms with Crippen LogP contribution < -0.4 is 11.1 Å². The van der Waals surface area contributed by atoms with Crippen LogP contribution >= 0.6 is 0 Å². The molecule has 0 fully saturated rings. The smallest absolute Gasteiger partial charge is 0.218 e. The van der Waals surface area contributed by atoms with Gasteiger partial charge in [-0.3, -0.25) is 4.79 Å². The molecule has 0 aliphatic rings. The second-order valence-electron chi connectivity index (χ2n) is 3.10. The summed E-state index contributed by atoms with van der Waals surface area (Å²) in [7, 11) is 0. The highest BCUT2D eigenvalue weighted by atomic mass is 16.1. The number of carbonyl (C=O) groups excluding carboxylic acids is 1. The van der Waals surface area contributed by atoms with Gasteiger partial charge < -0.3 is 11.1 Å². The van der Waals surface area contributed by atoms with Gasteiger partial charge in [0.2, 0.25) is 5.91 Å². The lowest BCUT2D eigenvalue weighted by Crippen LogP contribution is -2.26. The zero-order chi connectivity index (χ0) is 9.40. The molecular formula is C9H20N2O. The maximum atomic E-state index is 10.4. The monoisotopic (exact) mass is 172 g/mol. The van der Waals surface area contributed by atoms with Crippen LogP contribution in [0.3, 0.4) is 0 Å². The first-order valence-electron chi connectivity index (χ1n) is 4.69. The molecule has 0 aromatic heterocycles. The Morgan fingerprint density at radius 2 is 2.00 bits per heavy atom. The summed E-state index contributed by atoms with van der Waals surface area (Å²) < 4.78 is 0. The maximum Gasteiger partial charge on any atom is 0.218 e. The van der Waals surface area contributed by atoms with Gasteiger partial charge in [0.1, 0.15) is 0 Å². The fourth-order valence-corrected chi connectivity index (χ4v) is 1.10. The SMILES string of the molecule is CCC(CC)CNCCC(N)=O. The molecule has 0 atom stereocenters. The Kier molecular flexibility index (Phi) is 6.76. The van der Waals surface area contributed by atoms with Gasteiger partial charge in [-0.2, -0.15) is 0 Å². The molecule has 0 radical (unpaired) electrons. The van der Waals surface area contributed by atoms with E-state index in [0.717, 1.165) is 12.5 Å². The number of amides is 1. The molecule has 0 unspecified atom stereocenters. The molecule has 0 aromatic carbocycles. The highest BCUT2D eigenvalue weighted by Crippen LogP contribution is 2.04. The number of carbonyl (C=O) groups is 1. The lowest BCUT2D eigenvalue weighted by Gasteiger charge is -2.12. The topological polar surface area (TPSA) is 55.1 Å². The Bertz CT molecular complexity index is 122. The molecule has 3 nitrogen and oxygen atoms in total. The van der Waals surface area contributed by atoms with Gasteiger partial charge in [-0.15, -0.1) is 0 Å². The Hall–Kier alpha value is -0.570. The van der Waals surface area contributed by atoms with Crippen molar-refractivity contribution in [1.82, 2.24) is 5.32 Å².